The first-order valence-corrected chi connectivity index (χ1v) is 10.1. The summed E-state index contributed by atoms with van der Waals surface area (Å²) in [4.78, 5) is 15.0. The van der Waals surface area contributed by atoms with Gasteiger partial charge in [-0.05, 0) is 50.7 Å². The van der Waals surface area contributed by atoms with Gasteiger partial charge in [-0.1, -0.05) is 19.3 Å². The number of β-amino-alcohol motifs (C(OH)–C–C–N with tert-alkyl or cyclic N) is 1. The molecule has 0 atom stereocenters. The topological polar surface area (TPSA) is 57.5 Å². The van der Waals surface area contributed by atoms with Gasteiger partial charge in [0, 0.05) is 37.9 Å². The molecule has 1 aliphatic heterocycles. The van der Waals surface area contributed by atoms with Crippen LogP contribution < -0.4 is 5.32 Å². The molecule has 5 heteroatoms. The zero-order valence-corrected chi connectivity index (χ0v) is 15.1. The van der Waals surface area contributed by atoms with Crippen LogP contribution in [0, 0.1) is 0 Å². The number of aliphatic hydroxyl groups is 1. The Balaban J connectivity index is 1.26. The van der Waals surface area contributed by atoms with Gasteiger partial charge in [0.1, 0.15) is 5.69 Å². The molecule has 0 unspecified atom stereocenters. The van der Waals surface area contributed by atoms with Crippen LogP contribution in [0.1, 0.15) is 74.3 Å². The first-order chi connectivity index (χ1) is 12.1. The molecule has 1 aromatic heterocycles. The first-order valence-electron chi connectivity index (χ1n) is 10.1. The summed E-state index contributed by atoms with van der Waals surface area (Å²) < 4.78 is 2.13. The minimum Gasteiger partial charge on any atom is -0.389 e. The standard InChI is InChI=1S/C20H31N3O2/c24-19(18-5-4-12-23(18)17-6-7-17)21-16-8-13-22(14-9-16)15-20(25)10-2-1-3-11-20/h4-5,12,16-17,25H,1-3,6-11,13-15H2,(H,21,24). The number of carbonyl (C=O) groups excluding carboxylic acids is 1. The molecule has 2 N–H and O–H groups in total. The molecule has 1 amide bonds. The lowest BCUT2D eigenvalue weighted by molar-refractivity contribution is -0.0312. The predicted octanol–water partition coefficient (Wildman–Crippen LogP) is 2.71. The van der Waals surface area contributed by atoms with Crippen LogP contribution in [0.4, 0.5) is 0 Å². The molecule has 2 heterocycles. The van der Waals surface area contributed by atoms with E-state index in [4.69, 9.17) is 0 Å². The Kier molecular flexibility index (Phi) is 4.87. The highest BCUT2D eigenvalue weighted by atomic mass is 16.3. The summed E-state index contributed by atoms with van der Waals surface area (Å²) in [5, 5.41) is 14.0. The Morgan fingerprint density at radius 2 is 1.88 bits per heavy atom. The molecule has 1 saturated heterocycles. The second kappa shape index (κ2) is 7.12. The maximum atomic E-state index is 12.6. The Labute approximate surface area is 150 Å². The number of hydrogen-bond acceptors (Lipinski definition) is 3. The number of rotatable bonds is 5. The lowest BCUT2D eigenvalue weighted by Crippen LogP contribution is -2.50. The third-order valence-electron chi connectivity index (χ3n) is 6.18. The molecule has 2 aliphatic carbocycles. The van der Waals surface area contributed by atoms with E-state index in [1.54, 1.807) is 0 Å². The molecule has 5 nitrogen and oxygen atoms in total. The van der Waals surface area contributed by atoms with Gasteiger partial charge in [0.05, 0.1) is 5.60 Å². The number of carbonyl (C=O) groups is 1. The lowest BCUT2D eigenvalue weighted by atomic mass is 9.84. The average molecular weight is 345 g/mol. The Morgan fingerprint density at radius 1 is 1.16 bits per heavy atom. The Bertz CT molecular complexity index is 594. The molecule has 138 valence electrons. The van der Waals surface area contributed by atoms with E-state index >= 15 is 0 Å². The quantitative estimate of drug-likeness (QED) is 0.863. The number of likely N-dealkylation sites (tertiary alicyclic amines) is 1. The summed E-state index contributed by atoms with van der Waals surface area (Å²) in [6.07, 6.45) is 11.8. The molecule has 25 heavy (non-hydrogen) atoms. The minimum atomic E-state index is -0.473. The number of nitrogens with zero attached hydrogens (tertiary/aromatic N) is 2. The van der Waals surface area contributed by atoms with Gasteiger partial charge in [-0.2, -0.15) is 0 Å². The monoisotopic (exact) mass is 345 g/mol. The molecular formula is C20H31N3O2. The third kappa shape index (κ3) is 4.09. The van der Waals surface area contributed by atoms with E-state index in [1.165, 1.54) is 19.3 Å². The van der Waals surface area contributed by atoms with Gasteiger partial charge in [0.2, 0.25) is 0 Å². The van der Waals surface area contributed by atoms with Crippen LogP contribution in [0.5, 0.6) is 0 Å². The van der Waals surface area contributed by atoms with Crippen LogP contribution in [0.2, 0.25) is 0 Å². The molecule has 1 aromatic rings. The van der Waals surface area contributed by atoms with E-state index in [1.807, 2.05) is 18.3 Å². The van der Waals surface area contributed by atoms with Crippen LogP contribution in [-0.2, 0) is 0 Å². The fourth-order valence-corrected chi connectivity index (χ4v) is 4.54. The van der Waals surface area contributed by atoms with E-state index in [0.717, 1.165) is 63.9 Å². The maximum Gasteiger partial charge on any atom is 0.268 e. The number of aromatic nitrogens is 1. The Morgan fingerprint density at radius 3 is 2.56 bits per heavy atom. The normalized spacial score (nSPS) is 25.0. The second-order valence-electron chi connectivity index (χ2n) is 8.34. The van der Waals surface area contributed by atoms with E-state index in [9.17, 15) is 9.90 Å². The van der Waals surface area contributed by atoms with E-state index in [2.05, 4.69) is 14.8 Å². The first kappa shape index (κ1) is 17.1. The molecule has 3 fully saturated rings. The fourth-order valence-electron chi connectivity index (χ4n) is 4.54. The van der Waals surface area contributed by atoms with E-state index in [0.29, 0.717) is 6.04 Å². The van der Waals surface area contributed by atoms with Crippen molar-refractivity contribution in [1.82, 2.24) is 14.8 Å². The van der Waals surface area contributed by atoms with Crippen molar-refractivity contribution in [3.8, 4) is 0 Å². The highest BCUT2D eigenvalue weighted by Crippen LogP contribution is 2.36. The Hall–Kier alpha value is -1.33. The van der Waals surface area contributed by atoms with E-state index in [-0.39, 0.29) is 11.9 Å². The summed E-state index contributed by atoms with van der Waals surface area (Å²) in [5.41, 5.74) is 0.334. The molecule has 0 bridgehead atoms. The van der Waals surface area contributed by atoms with Crippen molar-refractivity contribution in [1.29, 1.82) is 0 Å². The summed E-state index contributed by atoms with van der Waals surface area (Å²) >= 11 is 0. The lowest BCUT2D eigenvalue weighted by Gasteiger charge is -2.40. The van der Waals surface area contributed by atoms with Crippen LogP contribution >= 0.6 is 0 Å². The predicted molar refractivity (Wildman–Crippen MR) is 97.7 cm³/mol. The number of piperidine rings is 1. The second-order valence-corrected chi connectivity index (χ2v) is 8.34. The molecule has 0 radical (unpaired) electrons. The molecule has 3 aliphatic rings. The van der Waals surface area contributed by atoms with Gasteiger partial charge in [-0.3, -0.25) is 4.79 Å². The van der Waals surface area contributed by atoms with Crippen molar-refractivity contribution >= 4 is 5.91 Å². The zero-order chi connectivity index (χ0) is 17.3. The molecule has 0 spiro atoms. The average Bonchev–Trinajstić information content (AvgIpc) is 3.33. The molecule has 2 saturated carbocycles. The molecule has 4 rings (SSSR count). The van der Waals surface area contributed by atoms with Crippen LogP contribution in [0.25, 0.3) is 0 Å². The minimum absolute atomic E-state index is 0.0706. The van der Waals surface area contributed by atoms with Crippen LogP contribution in [0.15, 0.2) is 18.3 Å². The van der Waals surface area contributed by atoms with Gasteiger partial charge >= 0.3 is 0 Å². The van der Waals surface area contributed by atoms with Crippen LogP contribution in [-0.4, -0.2) is 51.8 Å². The summed E-state index contributed by atoms with van der Waals surface area (Å²) in [7, 11) is 0. The third-order valence-corrected chi connectivity index (χ3v) is 6.18. The van der Waals surface area contributed by atoms with Crippen molar-refractivity contribution in [2.45, 2.75) is 75.5 Å². The maximum absolute atomic E-state index is 12.6. The van der Waals surface area contributed by atoms with E-state index < -0.39 is 5.60 Å². The number of nitrogens with one attached hydrogen (secondary N) is 1. The highest BCUT2D eigenvalue weighted by molar-refractivity contribution is 5.93. The SMILES string of the molecule is O=C(NC1CCN(CC2(O)CCCCC2)CC1)c1cccn1C1CC1. The highest BCUT2D eigenvalue weighted by Gasteiger charge is 2.33. The van der Waals surface area contributed by atoms with Gasteiger partial charge < -0.3 is 19.9 Å². The van der Waals surface area contributed by atoms with Crippen molar-refractivity contribution in [3.05, 3.63) is 24.0 Å². The number of amides is 1. The van der Waals surface area contributed by atoms with Gasteiger partial charge in [-0.15, -0.1) is 0 Å². The van der Waals surface area contributed by atoms with Gasteiger partial charge in [0.15, 0.2) is 0 Å². The molecular weight excluding hydrogens is 314 g/mol. The van der Waals surface area contributed by atoms with Gasteiger partial charge in [-0.25, -0.2) is 0 Å². The molecule has 0 aromatic carbocycles. The largest absolute Gasteiger partial charge is 0.389 e. The fraction of sp³-hybridized carbons (Fsp3) is 0.750. The van der Waals surface area contributed by atoms with Gasteiger partial charge in [0.25, 0.3) is 5.91 Å². The van der Waals surface area contributed by atoms with Crippen molar-refractivity contribution in [3.63, 3.8) is 0 Å². The number of hydrogen-bond donors (Lipinski definition) is 2. The summed E-state index contributed by atoms with van der Waals surface area (Å²) in [5.74, 6) is 0.0706. The van der Waals surface area contributed by atoms with Crippen molar-refractivity contribution in [2.75, 3.05) is 19.6 Å². The summed E-state index contributed by atoms with van der Waals surface area (Å²) in [6.45, 7) is 2.74. The van der Waals surface area contributed by atoms with Crippen molar-refractivity contribution < 1.29 is 9.90 Å². The van der Waals surface area contributed by atoms with Crippen molar-refractivity contribution in [2.24, 2.45) is 0 Å². The van der Waals surface area contributed by atoms with Crippen LogP contribution in [0.3, 0.4) is 0 Å². The zero-order valence-electron chi connectivity index (χ0n) is 15.1. The summed E-state index contributed by atoms with van der Waals surface area (Å²) in [6, 6.07) is 4.70. The smallest absolute Gasteiger partial charge is 0.268 e.